The van der Waals surface area contributed by atoms with Gasteiger partial charge in [0.25, 0.3) is 0 Å². The number of aliphatic hydroxyl groups is 1. The van der Waals surface area contributed by atoms with Gasteiger partial charge in [-0.1, -0.05) is 82.5 Å². The molecule has 0 aromatic rings. The van der Waals surface area contributed by atoms with Crippen molar-refractivity contribution in [3.63, 3.8) is 0 Å². The summed E-state index contributed by atoms with van der Waals surface area (Å²) in [5.74, 6) is -2.92. The predicted molar refractivity (Wildman–Crippen MR) is 98.7 cm³/mol. The molecule has 0 saturated heterocycles. The van der Waals surface area contributed by atoms with Crippen LogP contribution in [0.2, 0.25) is 0 Å². The standard InChI is InChI=1S/C20H32O4/c1-2-3-4-5-6-7-8-9-10-11-12-13-14-16-19(21)17-15-18-20(22)24-23/h12-18,21,23H,2-11H2,1H3/i11D,12D,13D,14D,15D,16D,17D,18D. The summed E-state index contributed by atoms with van der Waals surface area (Å²) in [4.78, 5) is 14.3. The molecule has 0 aromatic carbocycles. The van der Waals surface area contributed by atoms with Gasteiger partial charge < -0.3 is 5.11 Å². The Hall–Kier alpha value is -1.81. The highest BCUT2D eigenvalue weighted by atomic mass is 17.1. The first-order valence-corrected chi connectivity index (χ1v) is 8.22. The number of carbonyl (C=O) groups is 1. The Labute approximate surface area is 157 Å². The maximum absolute atomic E-state index is 11.0. The van der Waals surface area contributed by atoms with Crippen LogP contribution in [0.1, 0.15) is 82.1 Å². The van der Waals surface area contributed by atoms with Crippen LogP contribution < -0.4 is 0 Å². The van der Waals surface area contributed by atoms with Crippen LogP contribution >= 0.6 is 0 Å². The first-order chi connectivity index (χ1) is 15.0. The van der Waals surface area contributed by atoms with E-state index in [9.17, 15) is 9.90 Å². The lowest BCUT2D eigenvalue weighted by Crippen LogP contribution is -1.93. The van der Waals surface area contributed by atoms with Gasteiger partial charge in [0, 0.05) is 7.42 Å². The van der Waals surface area contributed by atoms with E-state index in [0.717, 1.165) is 19.3 Å². The fourth-order valence-electron chi connectivity index (χ4n) is 1.83. The summed E-state index contributed by atoms with van der Waals surface area (Å²) in [6.45, 7) is 2.15. The van der Waals surface area contributed by atoms with Gasteiger partial charge in [-0.15, -0.1) is 0 Å². The Morgan fingerprint density at radius 2 is 1.62 bits per heavy atom. The number of hydrogen-bond donors (Lipinski definition) is 2. The van der Waals surface area contributed by atoms with Crippen molar-refractivity contribution in [3.8, 4) is 0 Å². The molecule has 0 spiro atoms. The molecule has 136 valence electrons. The van der Waals surface area contributed by atoms with Gasteiger partial charge in [0.05, 0.1) is 9.60 Å². The summed E-state index contributed by atoms with van der Waals surface area (Å²) >= 11 is 0. The lowest BCUT2D eigenvalue weighted by atomic mass is 10.1. The summed E-state index contributed by atoms with van der Waals surface area (Å²) in [7, 11) is 0. The second-order valence-electron chi connectivity index (χ2n) is 5.09. The zero-order valence-corrected chi connectivity index (χ0v) is 14.2. The highest BCUT2D eigenvalue weighted by molar-refractivity contribution is 5.81. The van der Waals surface area contributed by atoms with Crippen molar-refractivity contribution in [3.05, 3.63) is 48.1 Å². The Morgan fingerprint density at radius 1 is 1.00 bits per heavy atom. The highest BCUT2D eigenvalue weighted by Gasteiger charge is 1.91. The second-order valence-corrected chi connectivity index (χ2v) is 5.09. The van der Waals surface area contributed by atoms with E-state index < -0.39 is 60.5 Å². The van der Waals surface area contributed by atoms with Crippen LogP contribution in [-0.4, -0.2) is 16.3 Å². The number of hydrogen-bond acceptors (Lipinski definition) is 4. The minimum atomic E-state index is -1.65. The number of allylic oxidation sites excluding steroid dienone is 6. The smallest absolute Gasteiger partial charge is 0.365 e. The van der Waals surface area contributed by atoms with Crippen molar-refractivity contribution in [2.75, 3.05) is 0 Å². The lowest BCUT2D eigenvalue weighted by Gasteiger charge is -2.00. The van der Waals surface area contributed by atoms with E-state index >= 15 is 0 Å². The minimum absolute atomic E-state index is 0.313. The summed E-state index contributed by atoms with van der Waals surface area (Å²) in [5, 5.41) is 18.2. The molecule has 0 fully saturated rings. The van der Waals surface area contributed by atoms with Crippen molar-refractivity contribution in [2.45, 2.75) is 71.1 Å². The fraction of sp³-hybridized carbons (Fsp3) is 0.550. The highest BCUT2D eigenvalue weighted by Crippen LogP contribution is 2.10. The summed E-state index contributed by atoms with van der Waals surface area (Å²) in [5.41, 5.74) is 0. The molecule has 0 aromatic heterocycles. The van der Waals surface area contributed by atoms with E-state index in [-0.39, 0.29) is 0 Å². The van der Waals surface area contributed by atoms with Crippen LogP contribution in [0.5, 0.6) is 0 Å². The molecule has 0 bridgehead atoms. The van der Waals surface area contributed by atoms with E-state index in [4.69, 9.17) is 16.2 Å². The van der Waals surface area contributed by atoms with Gasteiger partial charge in [-0.2, -0.15) is 5.26 Å². The molecular formula is C20H32O4. The monoisotopic (exact) mass is 344 g/mol. The SMILES string of the molecule is [2H]C(C(=O)OO)=C([2H])C([2H])=C(O)C([2H])=C([2H])C([2H])=C([2H])C([2H])CCCCCCCCCC. The van der Waals surface area contributed by atoms with Crippen molar-refractivity contribution < 1.29 is 31.0 Å². The molecule has 0 aliphatic rings. The Morgan fingerprint density at radius 3 is 2.25 bits per heavy atom. The largest absolute Gasteiger partial charge is 0.508 e. The molecule has 0 saturated carbocycles. The van der Waals surface area contributed by atoms with Gasteiger partial charge in [-0.05, 0) is 24.9 Å². The number of aliphatic hydroxyl groups excluding tert-OH is 1. The molecule has 0 rings (SSSR count). The molecule has 0 aliphatic carbocycles. The lowest BCUT2D eigenvalue weighted by molar-refractivity contribution is -0.228. The Bertz CT molecular complexity index is 759. The van der Waals surface area contributed by atoms with E-state index in [2.05, 4.69) is 11.8 Å². The molecule has 24 heavy (non-hydrogen) atoms. The third-order valence-corrected chi connectivity index (χ3v) is 3.05. The maximum atomic E-state index is 11.0. The molecule has 0 radical (unpaired) electrons. The van der Waals surface area contributed by atoms with E-state index in [1.807, 2.05) is 0 Å². The topological polar surface area (TPSA) is 66.8 Å². The van der Waals surface area contributed by atoms with Gasteiger partial charge in [0.2, 0.25) is 0 Å². The van der Waals surface area contributed by atoms with Crippen LogP contribution in [0, 0.1) is 0 Å². The molecule has 2 N–H and O–H groups in total. The molecule has 4 nitrogen and oxygen atoms in total. The first kappa shape index (κ1) is 11.7. The van der Waals surface area contributed by atoms with Crippen LogP contribution in [0.25, 0.3) is 0 Å². The van der Waals surface area contributed by atoms with Crippen LogP contribution in [-0.2, 0) is 9.68 Å². The Kier molecular flexibility index (Phi) is 8.55. The van der Waals surface area contributed by atoms with Crippen molar-refractivity contribution in [1.29, 1.82) is 0 Å². The Balaban J connectivity index is 5.25. The zero-order valence-electron chi connectivity index (χ0n) is 22.2. The van der Waals surface area contributed by atoms with Gasteiger partial charge in [-0.3, -0.25) is 4.89 Å². The quantitative estimate of drug-likeness (QED) is 0.101. The molecular weight excluding hydrogens is 304 g/mol. The third kappa shape index (κ3) is 16.6. The van der Waals surface area contributed by atoms with Crippen LogP contribution in [0.15, 0.2) is 48.1 Å². The van der Waals surface area contributed by atoms with Crippen molar-refractivity contribution in [1.82, 2.24) is 0 Å². The minimum Gasteiger partial charge on any atom is -0.508 e. The van der Waals surface area contributed by atoms with E-state index in [1.54, 1.807) is 0 Å². The van der Waals surface area contributed by atoms with E-state index in [1.165, 1.54) is 25.7 Å². The molecule has 0 amide bonds. The van der Waals surface area contributed by atoms with Crippen molar-refractivity contribution >= 4 is 5.97 Å². The van der Waals surface area contributed by atoms with Crippen molar-refractivity contribution in [2.24, 2.45) is 0 Å². The normalized spacial score (nSPS) is 21.6. The molecule has 4 heteroatoms. The molecule has 1 atom stereocenters. The zero-order chi connectivity index (χ0) is 24.8. The predicted octanol–water partition coefficient (Wildman–Crippen LogP) is 6.03. The average Bonchev–Trinajstić information content (AvgIpc) is 2.80. The number of unbranched alkanes of at least 4 members (excludes halogenated alkanes) is 7. The molecule has 0 aliphatic heterocycles. The van der Waals surface area contributed by atoms with Crippen LogP contribution in [0.4, 0.5) is 0 Å². The van der Waals surface area contributed by atoms with Crippen LogP contribution in [0.3, 0.4) is 0 Å². The summed E-state index contributed by atoms with van der Waals surface area (Å²) < 4.78 is 61.8. The number of carbonyl (C=O) groups excluding carboxylic acids is 1. The number of rotatable bonds is 14. The second kappa shape index (κ2) is 17.5. The van der Waals surface area contributed by atoms with Gasteiger partial charge >= 0.3 is 5.97 Å². The third-order valence-electron chi connectivity index (χ3n) is 3.05. The first-order valence-electron chi connectivity index (χ1n) is 12.3. The summed E-state index contributed by atoms with van der Waals surface area (Å²) in [6, 6.07) is -6.89. The fourth-order valence-corrected chi connectivity index (χ4v) is 1.83. The van der Waals surface area contributed by atoms with Gasteiger partial charge in [0.15, 0.2) is 0 Å². The summed E-state index contributed by atoms with van der Waals surface area (Å²) in [6.07, 6.45) is 7.74. The van der Waals surface area contributed by atoms with Gasteiger partial charge in [-0.25, -0.2) is 4.79 Å². The molecule has 1 unspecified atom stereocenters. The molecule has 0 heterocycles. The average molecular weight is 345 g/mol. The van der Waals surface area contributed by atoms with E-state index in [0.29, 0.717) is 12.8 Å². The maximum Gasteiger partial charge on any atom is 0.365 e. The van der Waals surface area contributed by atoms with Gasteiger partial charge in [0.1, 0.15) is 5.76 Å².